The number of hydrogen-bond donors (Lipinski definition) is 2. The van der Waals surface area contributed by atoms with E-state index in [-0.39, 0.29) is 18.0 Å². The molecule has 3 heterocycles. The van der Waals surface area contributed by atoms with Crippen molar-refractivity contribution in [1.29, 1.82) is 0 Å². The van der Waals surface area contributed by atoms with E-state index in [0.29, 0.717) is 5.11 Å². The van der Waals surface area contributed by atoms with Gasteiger partial charge in [0.25, 0.3) is 0 Å². The van der Waals surface area contributed by atoms with Crippen LogP contribution in [0.25, 0.3) is 5.69 Å². The Bertz CT molecular complexity index is 1420. The molecule has 0 radical (unpaired) electrons. The van der Waals surface area contributed by atoms with Gasteiger partial charge in [-0.1, -0.05) is 22.0 Å². The van der Waals surface area contributed by atoms with Crippen LogP contribution in [0, 0.1) is 13.8 Å². The summed E-state index contributed by atoms with van der Waals surface area (Å²) >= 11 is 9.41. The maximum atomic E-state index is 11.5. The Kier molecular flexibility index (Phi) is 6.64. The van der Waals surface area contributed by atoms with Gasteiger partial charge in [0.1, 0.15) is 0 Å². The number of pyridine rings is 1. The van der Waals surface area contributed by atoms with Gasteiger partial charge >= 0.3 is 0 Å². The fourth-order valence-corrected chi connectivity index (χ4v) is 5.54. The first-order chi connectivity index (χ1) is 17.3. The minimum atomic E-state index is -0.132. The second-order valence-corrected chi connectivity index (χ2v) is 10.2. The molecule has 0 saturated carbocycles. The molecule has 36 heavy (non-hydrogen) atoms. The SMILES string of the molecule is CC(=O)Nc1ccc(N2C(=S)N[C@@H](c3ccccn3)[C@@H]2c2cc(C)n(-c3ccc(Br)cc3)c2C)cc1. The maximum absolute atomic E-state index is 11.5. The summed E-state index contributed by atoms with van der Waals surface area (Å²) in [6, 6.07) is 24.1. The van der Waals surface area contributed by atoms with Gasteiger partial charge in [0, 0.05) is 46.0 Å². The first-order valence-electron chi connectivity index (χ1n) is 11.7. The summed E-state index contributed by atoms with van der Waals surface area (Å²) in [4.78, 5) is 18.3. The average molecular weight is 561 g/mol. The number of carbonyl (C=O) groups excluding carboxylic acids is 1. The van der Waals surface area contributed by atoms with E-state index in [1.54, 1.807) is 0 Å². The lowest BCUT2D eigenvalue weighted by Crippen LogP contribution is -2.29. The van der Waals surface area contributed by atoms with Crippen LogP contribution in [0.15, 0.2) is 83.5 Å². The standard InChI is InChI=1S/C28H26BrN5OS/c1-17-16-24(18(2)33(17)22-11-7-20(29)8-12-22)27-26(25-6-4-5-15-30-25)32-28(36)34(27)23-13-9-21(10-14-23)31-19(3)35/h4-16,26-27H,1-3H3,(H,31,35)(H,32,36)/t26-,27-/m0/s1. The number of aryl methyl sites for hydroxylation is 1. The van der Waals surface area contributed by atoms with Gasteiger partial charge in [-0.3, -0.25) is 9.78 Å². The van der Waals surface area contributed by atoms with Crippen LogP contribution in [0.4, 0.5) is 11.4 Å². The van der Waals surface area contributed by atoms with Crippen LogP contribution in [0.2, 0.25) is 0 Å². The van der Waals surface area contributed by atoms with Gasteiger partial charge in [0.2, 0.25) is 5.91 Å². The summed E-state index contributed by atoms with van der Waals surface area (Å²) in [5, 5.41) is 6.99. The van der Waals surface area contributed by atoms with Crippen LogP contribution in [0.1, 0.15) is 41.7 Å². The normalized spacial score (nSPS) is 17.2. The van der Waals surface area contributed by atoms with Gasteiger partial charge in [-0.05, 0) is 98.4 Å². The van der Waals surface area contributed by atoms with Gasteiger partial charge in [-0.15, -0.1) is 0 Å². The highest BCUT2D eigenvalue weighted by atomic mass is 79.9. The van der Waals surface area contributed by atoms with Crippen molar-refractivity contribution >= 4 is 50.5 Å². The number of rotatable bonds is 5. The second kappa shape index (κ2) is 9.87. The molecule has 1 aliphatic rings. The zero-order chi connectivity index (χ0) is 25.4. The number of halogens is 1. The van der Waals surface area contributed by atoms with Crippen LogP contribution in [0.5, 0.6) is 0 Å². The van der Waals surface area contributed by atoms with Crippen molar-refractivity contribution in [3.05, 3.63) is 106 Å². The number of amides is 1. The molecule has 1 saturated heterocycles. The Morgan fingerprint density at radius 2 is 1.72 bits per heavy atom. The predicted octanol–water partition coefficient (Wildman–Crippen LogP) is 6.39. The van der Waals surface area contributed by atoms with E-state index >= 15 is 0 Å². The number of anilines is 2. The molecule has 8 heteroatoms. The average Bonchev–Trinajstić information content (AvgIpc) is 3.35. The molecule has 2 aromatic heterocycles. The third-order valence-corrected chi connectivity index (χ3v) is 7.28. The van der Waals surface area contributed by atoms with E-state index in [9.17, 15) is 4.79 Å². The summed E-state index contributed by atoms with van der Waals surface area (Å²) in [5.74, 6) is -0.102. The lowest BCUT2D eigenvalue weighted by Gasteiger charge is -2.28. The first-order valence-corrected chi connectivity index (χ1v) is 12.9. The smallest absolute Gasteiger partial charge is 0.221 e. The number of thiocarbonyl (C=S) groups is 1. The monoisotopic (exact) mass is 559 g/mol. The van der Waals surface area contributed by atoms with E-state index in [1.165, 1.54) is 12.5 Å². The molecular formula is C28H26BrN5OS. The van der Waals surface area contributed by atoms with Crippen molar-refractivity contribution < 1.29 is 4.79 Å². The summed E-state index contributed by atoms with van der Waals surface area (Å²) in [6.45, 7) is 5.78. The van der Waals surface area contributed by atoms with Crippen molar-refractivity contribution in [1.82, 2.24) is 14.9 Å². The van der Waals surface area contributed by atoms with Crippen LogP contribution in [-0.4, -0.2) is 20.6 Å². The van der Waals surface area contributed by atoms with E-state index in [2.05, 4.69) is 85.2 Å². The molecule has 2 aromatic carbocycles. The van der Waals surface area contributed by atoms with E-state index in [4.69, 9.17) is 12.2 Å². The van der Waals surface area contributed by atoms with E-state index < -0.39 is 0 Å². The molecule has 2 atom stereocenters. The lowest BCUT2D eigenvalue weighted by atomic mass is 9.96. The van der Waals surface area contributed by atoms with Crippen molar-refractivity contribution in [3.63, 3.8) is 0 Å². The molecule has 0 aliphatic carbocycles. The highest BCUT2D eigenvalue weighted by Gasteiger charge is 2.42. The first kappa shape index (κ1) is 24.2. The highest BCUT2D eigenvalue weighted by molar-refractivity contribution is 9.10. The van der Waals surface area contributed by atoms with Crippen molar-refractivity contribution in [2.24, 2.45) is 0 Å². The van der Waals surface area contributed by atoms with Gasteiger partial charge in [-0.25, -0.2) is 0 Å². The third kappa shape index (κ3) is 4.54. The predicted molar refractivity (Wildman–Crippen MR) is 152 cm³/mol. The van der Waals surface area contributed by atoms with Crippen LogP contribution in [-0.2, 0) is 4.79 Å². The zero-order valence-corrected chi connectivity index (χ0v) is 22.6. The van der Waals surface area contributed by atoms with Gasteiger partial charge in [0.15, 0.2) is 5.11 Å². The Morgan fingerprint density at radius 3 is 2.36 bits per heavy atom. The maximum Gasteiger partial charge on any atom is 0.221 e. The number of benzene rings is 2. The van der Waals surface area contributed by atoms with Crippen molar-refractivity contribution in [2.75, 3.05) is 10.2 Å². The lowest BCUT2D eigenvalue weighted by molar-refractivity contribution is -0.114. The molecule has 5 rings (SSSR count). The van der Waals surface area contributed by atoms with Crippen LogP contribution >= 0.6 is 28.1 Å². The van der Waals surface area contributed by atoms with E-state index in [1.807, 2.05) is 48.7 Å². The Morgan fingerprint density at radius 1 is 1.03 bits per heavy atom. The number of nitrogens with zero attached hydrogens (tertiary/aromatic N) is 3. The zero-order valence-electron chi connectivity index (χ0n) is 20.2. The molecule has 1 aliphatic heterocycles. The highest BCUT2D eigenvalue weighted by Crippen LogP contribution is 2.44. The number of carbonyl (C=O) groups is 1. The summed E-state index contributed by atoms with van der Waals surface area (Å²) in [6.07, 6.45) is 1.81. The fourth-order valence-electron chi connectivity index (χ4n) is 4.93. The Hall–Kier alpha value is -3.49. The second-order valence-electron chi connectivity index (χ2n) is 8.86. The number of nitrogens with one attached hydrogen (secondary N) is 2. The van der Waals surface area contributed by atoms with Crippen LogP contribution in [0.3, 0.4) is 0 Å². The summed E-state index contributed by atoms with van der Waals surface area (Å²) in [7, 11) is 0. The molecule has 6 nitrogen and oxygen atoms in total. The minimum Gasteiger partial charge on any atom is -0.351 e. The molecule has 0 unspecified atom stereocenters. The van der Waals surface area contributed by atoms with Gasteiger partial charge < -0.3 is 20.1 Å². The van der Waals surface area contributed by atoms with Gasteiger partial charge in [-0.2, -0.15) is 0 Å². The quantitative estimate of drug-likeness (QED) is 0.277. The molecule has 1 amide bonds. The van der Waals surface area contributed by atoms with Gasteiger partial charge in [0.05, 0.1) is 17.8 Å². The topological polar surface area (TPSA) is 62.2 Å². The van der Waals surface area contributed by atoms with E-state index in [0.717, 1.165) is 38.6 Å². The van der Waals surface area contributed by atoms with Crippen LogP contribution < -0.4 is 15.5 Å². The minimum absolute atomic E-state index is 0.102. The molecule has 182 valence electrons. The molecular weight excluding hydrogens is 534 g/mol. The number of aromatic nitrogens is 2. The molecule has 4 aromatic rings. The molecule has 0 spiro atoms. The largest absolute Gasteiger partial charge is 0.351 e. The fraction of sp³-hybridized carbons (Fsp3) is 0.179. The Labute approximate surface area is 224 Å². The van der Waals surface area contributed by atoms with Crippen molar-refractivity contribution in [2.45, 2.75) is 32.9 Å². The molecule has 2 N–H and O–H groups in total. The molecule has 1 fully saturated rings. The van der Waals surface area contributed by atoms with Crippen molar-refractivity contribution in [3.8, 4) is 5.69 Å². The number of hydrogen-bond acceptors (Lipinski definition) is 3. The third-order valence-electron chi connectivity index (χ3n) is 6.44. The molecule has 0 bridgehead atoms. The Balaban J connectivity index is 1.62. The summed E-state index contributed by atoms with van der Waals surface area (Å²) in [5.41, 5.74) is 7.18. The summed E-state index contributed by atoms with van der Waals surface area (Å²) < 4.78 is 3.32.